The Morgan fingerprint density at radius 2 is 0.894 bits per heavy atom. The van der Waals surface area contributed by atoms with Gasteiger partial charge in [0, 0.05) is 49.7 Å². The molecule has 10 aromatic carbocycles. The van der Waals surface area contributed by atoms with E-state index in [-0.39, 0.29) is 0 Å². The van der Waals surface area contributed by atoms with E-state index in [0.29, 0.717) is 0 Å². The number of para-hydroxylation sites is 3. The molecular weight excluding hydrogens is 799 g/mol. The van der Waals surface area contributed by atoms with Crippen molar-refractivity contribution >= 4 is 49.5 Å². The van der Waals surface area contributed by atoms with Gasteiger partial charge < -0.3 is 9.47 Å². The fourth-order valence-corrected chi connectivity index (χ4v) is 10.4. The van der Waals surface area contributed by atoms with E-state index in [0.717, 1.165) is 61.8 Å². The molecule has 1 aliphatic rings. The highest BCUT2D eigenvalue weighted by Crippen LogP contribution is 2.55. The minimum atomic E-state index is 0.967. The van der Waals surface area contributed by atoms with Crippen molar-refractivity contribution in [2.45, 2.75) is 0 Å². The van der Waals surface area contributed by atoms with Gasteiger partial charge in [0.05, 0.1) is 39.7 Å². The minimum absolute atomic E-state index is 0.967. The van der Waals surface area contributed by atoms with Crippen molar-refractivity contribution in [3.8, 4) is 72.8 Å². The highest BCUT2D eigenvalue weighted by Gasteiger charge is 2.32. The van der Waals surface area contributed by atoms with Crippen LogP contribution in [0.3, 0.4) is 0 Å². The Morgan fingerprint density at radius 1 is 0.318 bits per heavy atom. The number of aromatic nitrogens is 2. The average Bonchev–Trinajstić information content (AvgIpc) is 3.67. The lowest BCUT2D eigenvalue weighted by molar-refractivity contribution is 1.15. The number of rotatable bonds is 6. The Balaban J connectivity index is 0.994. The maximum Gasteiger partial charge on any atom is 0.0788 e. The summed E-state index contributed by atoms with van der Waals surface area (Å²) in [6.45, 7) is 0. The van der Waals surface area contributed by atoms with Gasteiger partial charge in [-0.25, -0.2) is 4.98 Å². The van der Waals surface area contributed by atoms with E-state index in [4.69, 9.17) is 4.98 Å². The van der Waals surface area contributed by atoms with Crippen molar-refractivity contribution < 1.29 is 0 Å². The number of fused-ring (bicyclic) bond motifs is 9. The summed E-state index contributed by atoms with van der Waals surface area (Å²) in [4.78, 5) is 7.78. The molecule has 0 N–H and O–H groups in total. The van der Waals surface area contributed by atoms with Gasteiger partial charge >= 0.3 is 0 Å². The topological polar surface area (TPSA) is 21.1 Å². The number of benzene rings is 10. The molecule has 0 bridgehead atoms. The van der Waals surface area contributed by atoms with Crippen LogP contribution in [0.4, 0.5) is 17.1 Å². The van der Waals surface area contributed by atoms with Gasteiger partial charge in [-0.3, -0.25) is 0 Å². The first-order valence-corrected chi connectivity index (χ1v) is 22.6. The molecule has 0 aliphatic carbocycles. The molecule has 0 spiro atoms. The second-order valence-corrected chi connectivity index (χ2v) is 17.1. The first kappa shape index (κ1) is 37.7. The van der Waals surface area contributed by atoms with Crippen LogP contribution in [-0.4, -0.2) is 9.55 Å². The lowest BCUT2D eigenvalue weighted by atomic mass is 9.96. The van der Waals surface area contributed by atoms with E-state index in [9.17, 15) is 0 Å². The fraction of sp³-hybridized carbons (Fsp3) is 0. The number of nitrogens with zero attached hydrogens (tertiary/aromatic N) is 3. The maximum absolute atomic E-state index is 5.32. The van der Waals surface area contributed by atoms with Crippen LogP contribution in [-0.2, 0) is 0 Å². The first-order valence-electron chi connectivity index (χ1n) is 22.6. The smallest absolute Gasteiger partial charge is 0.0788 e. The predicted octanol–water partition coefficient (Wildman–Crippen LogP) is 17.1. The average molecular weight is 840 g/mol. The third-order valence-corrected chi connectivity index (χ3v) is 13.3. The summed E-state index contributed by atoms with van der Waals surface area (Å²) >= 11 is 0. The molecule has 3 heteroatoms. The normalized spacial score (nSPS) is 11.9. The number of hydrogen-bond acceptors (Lipinski definition) is 2. The molecule has 66 heavy (non-hydrogen) atoms. The summed E-state index contributed by atoms with van der Waals surface area (Å²) in [7, 11) is 0. The van der Waals surface area contributed by atoms with Crippen LogP contribution in [0, 0.1) is 0 Å². The molecule has 13 rings (SSSR count). The van der Waals surface area contributed by atoms with Crippen molar-refractivity contribution in [2.24, 2.45) is 0 Å². The second kappa shape index (κ2) is 15.5. The van der Waals surface area contributed by atoms with E-state index in [1.165, 1.54) is 60.6 Å². The number of pyridine rings is 1. The van der Waals surface area contributed by atoms with Gasteiger partial charge in [-0.15, -0.1) is 0 Å². The van der Waals surface area contributed by atoms with Crippen molar-refractivity contribution in [3.05, 3.63) is 249 Å². The van der Waals surface area contributed by atoms with Crippen LogP contribution in [0.1, 0.15) is 0 Å². The first-order chi connectivity index (χ1) is 32.8. The molecule has 0 unspecified atom stereocenters. The summed E-state index contributed by atoms with van der Waals surface area (Å²) in [5.41, 5.74) is 19.3. The lowest BCUT2D eigenvalue weighted by Crippen LogP contribution is -2.11. The number of anilines is 3. The van der Waals surface area contributed by atoms with E-state index < -0.39 is 0 Å². The standard InChI is InChI=1S/C63H41N3/c1-3-19-42(20-4-1)49-37-38-60(52-30-10-9-29-51(49)52)66-58-35-15-12-32-54(58)61-53-31-11-14-34-57(53)65(59-36-16-13-33-55(59)63(61)66)48-27-18-25-45(40-48)44-24-17-26-47(39-44)62-50-28-8-7-23-46(50)41-56(64-62)43-21-5-2-6-22-43/h1-41H. The van der Waals surface area contributed by atoms with E-state index >= 15 is 0 Å². The molecule has 0 amide bonds. The SMILES string of the molecule is c1ccc(-c2cc3ccccc3c(-c3cccc(-c4cccc(N5c6ccccc6-c6c(n(-c7ccc(-c8ccccc8)c8ccccc78)c7ccccc67)-c6ccccc65)c4)c3)n2)cc1. The van der Waals surface area contributed by atoms with E-state index in [1.54, 1.807) is 0 Å². The van der Waals surface area contributed by atoms with Gasteiger partial charge in [-0.05, 0) is 81.6 Å². The highest BCUT2D eigenvalue weighted by molar-refractivity contribution is 6.14. The molecule has 0 saturated heterocycles. The molecule has 0 fully saturated rings. The van der Waals surface area contributed by atoms with Gasteiger partial charge in [-0.2, -0.15) is 0 Å². The van der Waals surface area contributed by atoms with Gasteiger partial charge in [0.1, 0.15) is 0 Å². The molecule has 0 radical (unpaired) electrons. The van der Waals surface area contributed by atoms with Crippen LogP contribution in [0.2, 0.25) is 0 Å². The molecular formula is C63H41N3. The maximum atomic E-state index is 5.32. The lowest BCUT2D eigenvalue weighted by Gasteiger charge is -2.28. The zero-order chi connectivity index (χ0) is 43.6. The van der Waals surface area contributed by atoms with Gasteiger partial charge in [-0.1, -0.05) is 200 Å². The van der Waals surface area contributed by atoms with Gasteiger partial charge in [0.15, 0.2) is 0 Å². The quantitative estimate of drug-likeness (QED) is 0.166. The molecule has 3 heterocycles. The molecule has 3 nitrogen and oxygen atoms in total. The largest absolute Gasteiger partial charge is 0.309 e. The number of hydrogen-bond donors (Lipinski definition) is 0. The Bertz CT molecular complexity index is 3830. The van der Waals surface area contributed by atoms with Crippen LogP contribution in [0.15, 0.2) is 249 Å². The van der Waals surface area contributed by atoms with E-state index in [1.807, 2.05) is 0 Å². The summed E-state index contributed by atoms with van der Waals surface area (Å²) in [6.07, 6.45) is 0. The molecule has 12 aromatic rings. The molecule has 1 aliphatic heterocycles. The fourth-order valence-electron chi connectivity index (χ4n) is 10.4. The molecule has 308 valence electrons. The van der Waals surface area contributed by atoms with Crippen molar-refractivity contribution in [2.75, 3.05) is 4.90 Å². The minimum Gasteiger partial charge on any atom is -0.309 e. The van der Waals surface area contributed by atoms with Crippen molar-refractivity contribution in [3.63, 3.8) is 0 Å². The zero-order valence-electron chi connectivity index (χ0n) is 36.0. The summed E-state index contributed by atoms with van der Waals surface area (Å²) in [5, 5.41) is 5.96. The van der Waals surface area contributed by atoms with Crippen molar-refractivity contribution in [1.29, 1.82) is 0 Å². The highest BCUT2D eigenvalue weighted by atomic mass is 15.2. The summed E-state index contributed by atoms with van der Waals surface area (Å²) in [6, 6.07) is 90.1. The Kier molecular flexibility index (Phi) is 8.85. The zero-order valence-corrected chi connectivity index (χ0v) is 36.0. The van der Waals surface area contributed by atoms with Gasteiger partial charge in [0.2, 0.25) is 0 Å². The Morgan fingerprint density at radius 3 is 1.70 bits per heavy atom. The Labute approximate surface area is 383 Å². The van der Waals surface area contributed by atoms with Crippen LogP contribution < -0.4 is 4.90 Å². The Hall–Kier alpha value is -8.79. The summed E-state index contributed by atoms with van der Waals surface area (Å²) < 4.78 is 2.52. The van der Waals surface area contributed by atoms with Crippen molar-refractivity contribution in [1.82, 2.24) is 9.55 Å². The third-order valence-electron chi connectivity index (χ3n) is 13.3. The van der Waals surface area contributed by atoms with Crippen LogP contribution in [0.5, 0.6) is 0 Å². The summed E-state index contributed by atoms with van der Waals surface area (Å²) in [5.74, 6) is 0. The van der Waals surface area contributed by atoms with Gasteiger partial charge in [0.25, 0.3) is 0 Å². The molecule has 0 saturated carbocycles. The molecule has 2 aromatic heterocycles. The van der Waals surface area contributed by atoms with Crippen LogP contribution in [0.25, 0.3) is 105 Å². The van der Waals surface area contributed by atoms with Crippen LogP contribution >= 0.6 is 0 Å². The molecule has 0 atom stereocenters. The second-order valence-electron chi connectivity index (χ2n) is 17.1. The third kappa shape index (κ3) is 6.09. The predicted molar refractivity (Wildman–Crippen MR) is 277 cm³/mol. The monoisotopic (exact) mass is 839 g/mol. The van der Waals surface area contributed by atoms with E-state index in [2.05, 4.69) is 258 Å².